The third-order valence-electron chi connectivity index (χ3n) is 3.99. The summed E-state index contributed by atoms with van der Waals surface area (Å²) in [7, 11) is 2.23. The van der Waals surface area contributed by atoms with E-state index in [-0.39, 0.29) is 0 Å². The van der Waals surface area contributed by atoms with Crippen LogP contribution in [0.15, 0.2) is 0 Å². The van der Waals surface area contributed by atoms with Gasteiger partial charge in [-0.05, 0) is 45.7 Å². The Hall–Kier alpha value is -0.0800. The summed E-state index contributed by atoms with van der Waals surface area (Å²) in [5, 5.41) is 3.78. The van der Waals surface area contributed by atoms with Crippen LogP contribution in [-0.2, 0) is 0 Å². The highest BCUT2D eigenvalue weighted by Crippen LogP contribution is 2.22. The van der Waals surface area contributed by atoms with E-state index in [9.17, 15) is 0 Å². The van der Waals surface area contributed by atoms with E-state index in [1.54, 1.807) is 0 Å². The molecule has 3 unspecified atom stereocenters. The zero-order chi connectivity index (χ0) is 11.6. The Morgan fingerprint density at radius 1 is 1.33 bits per heavy atom. The predicted molar refractivity (Wildman–Crippen MR) is 67.2 cm³/mol. The summed E-state index contributed by atoms with van der Waals surface area (Å²) in [5.74, 6) is 0. The molecule has 1 saturated heterocycles. The van der Waals surface area contributed by atoms with Crippen LogP contribution in [-0.4, -0.2) is 36.6 Å². The number of piperidine rings is 1. The maximum absolute atomic E-state index is 3.78. The van der Waals surface area contributed by atoms with Gasteiger partial charge in [0, 0.05) is 18.1 Å². The maximum atomic E-state index is 3.78. The van der Waals surface area contributed by atoms with E-state index in [4.69, 9.17) is 0 Å². The lowest BCUT2D eigenvalue weighted by molar-refractivity contribution is 0.147. The van der Waals surface area contributed by atoms with Crippen molar-refractivity contribution in [1.82, 2.24) is 10.2 Å². The minimum atomic E-state index is 0.368. The monoisotopic (exact) mass is 212 g/mol. The molecule has 0 aromatic heterocycles. The van der Waals surface area contributed by atoms with Gasteiger partial charge >= 0.3 is 0 Å². The Bertz CT molecular complexity index is 195. The lowest BCUT2D eigenvalue weighted by Gasteiger charge is -2.39. The molecular weight excluding hydrogens is 184 g/mol. The Balaban J connectivity index is 2.40. The van der Waals surface area contributed by atoms with Gasteiger partial charge in [0.2, 0.25) is 0 Å². The molecule has 0 amide bonds. The lowest BCUT2D eigenvalue weighted by Crippen LogP contribution is -2.50. The summed E-state index contributed by atoms with van der Waals surface area (Å²) in [4.78, 5) is 2.46. The topological polar surface area (TPSA) is 15.3 Å². The molecule has 1 rings (SSSR count). The summed E-state index contributed by atoms with van der Waals surface area (Å²) >= 11 is 0. The Kier molecular flexibility index (Phi) is 4.19. The second-order valence-corrected chi connectivity index (χ2v) is 6.31. The van der Waals surface area contributed by atoms with Crippen LogP contribution in [0.25, 0.3) is 0 Å². The SMILES string of the molecule is CC1CC(NC(C)C(C)(C)C)CCN1C. The summed E-state index contributed by atoms with van der Waals surface area (Å²) in [6.07, 6.45) is 2.58. The molecule has 2 heteroatoms. The molecule has 1 fully saturated rings. The molecule has 1 N–H and O–H groups in total. The zero-order valence-corrected chi connectivity index (χ0v) is 11.3. The van der Waals surface area contributed by atoms with Gasteiger partial charge in [0.05, 0.1) is 0 Å². The molecule has 1 heterocycles. The summed E-state index contributed by atoms with van der Waals surface area (Å²) < 4.78 is 0. The van der Waals surface area contributed by atoms with Crippen molar-refractivity contribution in [3.05, 3.63) is 0 Å². The van der Waals surface area contributed by atoms with Gasteiger partial charge in [-0.2, -0.15) is 0 Å². The third-order valence-corrected chi connectivity index (χ3v) is 3.99. The van der Waals surface area contributed by atoms with Crippen LogP contribution < -0.4 is 5.32 Å². The van der Waals surface area contributed by atoms with E-state index >= 15 is 0 Å². The standard InChI is InChI=1S/C13H28N2/c1-10-9-12(7-8-15(10)6)14-11(2)13(3,4)5/h10-12,14H,7-9H2,1-6H3. The van der Waals surface area contributed by atoms with Gasteiger partial charge in [0.25, 0.3) is 0 Å². The van der Waals surface area contributed by atoms with E-state index in [1.807, 2.05) is 0 Å². The molecule has 0 aromatic rings. The lowest BCUT2D eigenvalue weighted by atomic mass is 9.86. The molecule has 0 spiro atoms. The normalized spacial score (nSPS) is 31.6. The molecule has 0 bridgehead atoms. The van der Waals surface area contributed by atoms with Gasteiger partial charge in [-0.15, -0.1) is 0 Å². The van der Waals surface area contributed by atoms with E-state index in [2.05, 4.69) is 51.9 Å². The molecule has 3 atom stereocenters. The maximum Gasteiger partial charge on any atom is 0.00967 e. The fraction of sp³-hybridized carbons (Fsp3) is 1.00. The number of rotatable bonds is 2. The largest absolute Gasteiger partial charge is 0.311 e. The second kappa shape index (κ2) is 4.84. The summed E-state index contributed by atoms with van der Waals surface area (Å²) in [5.41, 5.74) is 0.368. The zero-order valence-electron chi connectivity index (χ0n) is 11.3. The molecule has 2 nitrogen and oxygen atoms in total. The van der Waals surface area contributed by atoms with Gasteiger partial charge < -0.3 is 10.2 Å². The van der Waals surface area contributed by atoms with Crippen molar-refractivity contribution in [2.45, 2.75) is 65.6 Å². The molecule has 15 heavy (non-hydrogen) atoms. The highest BCUT2D eigenvalue weighted by molar-refractivity contribution is 4.86. The fourth-order valence-corrected chi connectivity index (χ4v) is 2.04. The van der Waals surface area contributed by atoms with Gasteiger partial charge in [0.15, 0.2) is 0 Å². The van der Waals surface area contributed by atoms with Gasteiger partial charge in [-0.25, -0.2) is 0 Å². The smallest absolute Gasteiger partial charge is 0.00967 e. The van der Waals surface area contributed by atoms with Crippen molar-refractivity contribution in [2.75, 3.05) is 13.6 Å². The van der Waals surface area contributed by atoms with E-state index in [0.29, 0.717) is 17.5 Å². The highest BCUT2D eigenvalue weighted by atomic mass is 15.1. The van der Waals surface area contributed by atoms with Crippen LogP contribution >= 0.6 is 0 Å². The third kappa shape index (κ3) is 3.76. The van der Waals surface area contributed by atoms with Gasteiger partial charge in [-0.1, -0.05) is 20.8 Å². The first-order valence-corrected chi connectivity index (χ1v) is 6.27. The number of hydrogen-bond acceptors (Lipinski definition) is 2. The first-order chi connectivity index (χ1) is 6.80. The van der Waals surface area contributed by atoms with E-state index < -0.39 is 0 Å². The predicted octanol–water partition coefficient (Wildman–Crippen LogP) is 2.49. The average Bonchev–Trinajstić information content (AvgIpc) is 2.10. The second-order valence-electron chi connectivity index (χ2n) is 6.31. The first-order valence-electron chi connectivity index (χ1n) is 6.27. The van der Waals surface area contributed by atoms with Crippen LogP contribution in [0.4, 0.5) is 0 Å². The quantitative estimate of drug-likeness (QED) is 0.756. The number of likely N-dealkylation sites (tertiary alicyclic amines) is 1. The fourth-order valence-electron chi connectivity index (χ4n) is 2.04. The molecule has 0 aliphatic carbocycles. The van der Waals surface area contributed by atoms with Crippen LogP contribution in [0.3, 0.4) is 0 Å². The summed E-state index contributed by atoms with van der Waals surface area (Å²) in [6.45, 7) is 12.8. The first kappa shape index (κ1) is 13.0. The number of nitrogens with zero attached hydrogens (tertiary/aromatic N) is 1. The van der Waals surface area contributed by atoms with Crippen LogP contribution in [0.1, 0.15) is 47.5 Å². The molecule has 0 aromatic carbocycles. The molecule has 90 valence electrons. The van der Waals surface area contributed by atoms with Crippen LogP contribution in [0, 0.1) is 5.41 Å². The Labute approximate surface area is 95.4 Å². The summed E-state index contributed by atoms with van der Waals surface area (Å²) in [6, 6.07) is 2.03. The van der Waals surface area contributed by atoms with Crippen molar-refractivity contribution in [2.24, 2.45) is 5.41 Å². The molecule has 1 aliphatic heterocycles. The molecule has 1 aliphatic rings. The van der Waals surface area contributed by atoms with Crippen molar-refractivity contribution >= 4 is 0 Å². The van der Waals surface area contributed by atoms with Crippen LogP contribution in [0.2, 0.25) is 0 Å². The van der Waals surface area contributed by atoms with Crippen molar-refractivity contribution < 1.29 is 0 Å². The van der Waals surface area contributed by atoms with E-state index in [1.165, 1.54) is 19.4 Å². The Morgan fingerprint density at radius 2 is 1.93 bits per heavy atom. The highest BCUT2D eigenvalue weighted by Gasteiger charge is 2.27. The van der Waals surface area contributed by atoms with Crippen LogP contribution in [0.5, 0.6) is 0 Å². The van der Waals surface area contributed by atoms with E-state index in [0.717, 1.165) is 6.04 Å². The average molecular weight is 212 g/mol. The van der Waals surface area contributed by atoms with Crippen molar-refractivity contribution in [3.8, 4) is 0 Å². The minimum absolute atomic E-state index is 0.368. The van der Waals surface area contributed by atoms with Gasteiger partial charge in [0.1, 0.15) is 0 Å². The van der Waals surface area contributed by atoms with Gasteiger partial charge in [-0.3, -0.25) is 0 Å². The van der Waals surface area contributed by atoms with Crippen molar-refractivity contribution in [3.63, 3.8) is 0 Å². The Morgan fingerprint density at radius 3 is 2.40 bits per heavy atom. The molecule has 0 saturated carbocycles. The van der Waals surface area contributed by atoms with Crippen molar-refractivity contribution in [1.29, 1.82) is 0 Å². The number of nitrogens with one attached hydrogen (secondary N) is 1. The molecule has 0 radical (unpaired) electrons. The molecular formula is C13H28N2. The number of hydrogen-bond donors (Lipinski definition) is 1. The minimum Gasteiger partial charge on any atom is -0.311 e.